The molecular formula is C12H17NO3. The van der Waals surface area contributed by atoms with Gasteiger partial charge in [-0.15, -0.1) is 0 Å². The summed E-state index contributed by atoms with van der Waals surface area (Å²) in [5.74, 6) is 0.574. The summed E-state index contributed by atoms with van der Waals surface area (Å²) >= 11 is 0. The van der Waals surface area contributed by atoms with Crippen molar-refractivity contribution in [3.63, 3.8) is 0 Å². The smallest absolute Gasteiger partial charge is 0.260 e. The van der Waals surface area contributed by atoms with Gasteiger partial charge in [-0.3, -0.25) is 4.79 Å². The van der Waals surface area contributed by atoms with Gasteiger partial charge in [-0.1, -0.05) is 0 Å². The van der Waals surface area contributed by atoms with Gasteiger partial charge in [-0.2, -0.15) is 0 Å². The van der Waals surface area contributed by atoms with Crippen LogP contribution >= 0.6 is 0 Å². The van der Waals surface area contributed by atoms with Crippen molar-refractivity contribution in [1.29, 1.82) is 0 Å². The fraction of sp³-hybridized carbons (Fsp3) is 0.417. The highest BCUT2D eigenvalue weighted by Gasteiger charge is 2.07. The summed E-state index contributed by atoms with van der Waals surface area (Å²) in [4.78, 5) is 13.0. The number of phenols is 1. The molecule has 0 aromatic heterocycles. The Bertz CT molecular complexity index is 356. The van der Waals surface area contributed by atoms with Crippen LogP contribution < -0.4 is 4.74 Å². The topological polar surface area (TPSA) is 49.8 Å². The molecule has 0 fully saturated rings. The molecule has 0 aliphatic carbocycles. The maximum absolute atomic E-state index is 11.5. The Morgan fingerprint density at radius 1 is 1.44 bits per heavy atom. The largest absolute Gasteiger partial charge is 0.508 e. The standard InChI is InChI=1S/C12H17NO3/c1-4-13(3)12(15)8-16-11-6-9(2)5-10(14)7-11/h5-7,14H,4,8H2,1-3H3. The lowest BCUT2D eigenvalue weighted by Gasteiger charge is -2.15. The summed E-state index contributed by atoms with van der Waals surface area (Å²) in [6.07, 6.45) is 0. The molecule has 0 saturated heterocycles. The van der Waals surface area contributed by atoms with Gasteiger partial charge in [0.25, 0.3) is 5.91 Å². The van der Waals surface area contributed by atoms with Crippen LogP contribution in [-0.4, -0.2) is 36.1 Å². The Kier molecular flexibility index (Phi) is 4.17. The zero-order chi connectivity index (χ0) is 12.1. The number of nitrogens with zero attached hydrogens (tertiary/aromatic N) is 1. The molecule has 0 spiro atoms. The third-order valence-corrected chi connectivity index (χ3v) is 2.30. The first kappa shape index (κ1) is 12.4. The van der Waals surface area contributed by atoms with Crippen molar-refractivity contribution in [3.05, 3.63) is 23.8 Å². The monoisotopic (exact) mass is 223 g/mol. The van der Waals surface area contributed by atoms with Gasteiger partial charge in [0.15, 0.2) is 6.61 Å². The van der Waals surface area contributed by atoms with E-state index < -0.39 is 0 Å². The number of carbonyl (C=O) groups excluding carboxylic acids is 1. The van der Waals surface area contributed by atoms with Crippen molar-refractivity contribution in [2.75, 3.05) is 20.2 Å². The van der Waals surface area contributed by atoms with E-state index in [2.05, 4.69) is 0 Å². The molecule has 1 rings (SSSR count). The van der Waals surface area contributed by atoms with E-state index in [0.29, 0.717) is 12.3 Å². The van der Waals surface area contributed by atoms with Crippen LogP contribution in [0, 0.1) is 6.92 Å². The molecule has 4 nitrogen and oxygen atoms in total. The second-order valence-electron chi connectivity index (χ2n) is 3.70. The van der Waals surface area contributed by atoms with Crippen LogP contribution in [0.15, 0.2) is 18.2 Å². The molecule has 1 N–H and O–H groups in total. The number of aromatic hydroxyl groups is 1. The van der Waals surface area contributed by atoms with Crippen molar-refractivity contribution >= 4 is 5.91 Å². The minimum Gasteiger partial charge on any atom is -0.508 e. The average Bonchev–Trinajstić information content (AvgIpc) is 2.23. The van der Waals surface area contributed by atoms with Crippen LogP contribution in [-0.2, 0) is 4.79 Å². The SMILES string of the molecule is CCN(C)C(=O)COc1cc(C)cc(O)c1. The van der Waals surface area contributed by atoms with Crippen molar-refractivity contribution in [3.8, 4) is 11.5 Å². The highest BCUT2D eigenvalue weighted by molar-refractivity contribution is 5.77. The molecule has 88 valence electrons. The van der Waals surface area contributed by atoms with Crippen LogP contribution in [0.1, 0.15) is 12.5 Å². The third kappa shape index (κ3) is 3.46. The second-order valence-corrected chi connectivity index (χ2v) is 3.70. The number of benzene rings is 1. The summed E-state index contributed by atoms with van der Waals surface area (Å²) in [6.45, 7) is 4.40. The molecule has 16 heavy (non-hydrogen) atoms. The third-order valence-electron chi connectivity index (χ3n) is 2.30. The van der Waals surface area contributed by atoms with Gasteiger partial charge in [-0.05, 0) is 31.5 Å². The predicted octanol–water partition coefficient (Wildman–Crippen LogP) is 1.56. The first-order valence-electron chi connectivity index (χ1n) is 5.20. The van der Waals surface area contributed by atoms with Crippen molar-refractivity contribution < 1.29 is 14.6 Å². The normalized spacial score (nSPS) is 9.94. The van der Waals surface area contributed by atoms with Gasteiger partial charge in [0.1, 0.15) is 11.5 Å². The van der Waals surface area contributed by atoms with Crippen LogP contribution in [0.5, 0.6) is 11.5 Å². The number of hydrogen-bond donors (Lipinski definition) is 1. The van der Waals surface area contributed by atoms with E-state index in [1.165, 1.54) is 6.07 Å². The van der Waals surface area contributed by atoms with Gasteiger partial charge in [0.05, 0.1) is 0 Å². The number of carbonyl (C=O) groups is 1. The molecule has 4 heteroatoms. The van der Waals surface area contributed by atoms with Gasteiger partial charge < -0.3 is 14.7 Å². The summed E-state index contributed by atoms with van der Waals surface area (Å²) in [5, 5.41) is 9.34. The lowest BCUT2D eigenvalue weighted by atomic mass is 10.2. The van der Waals surface area contributed by atoms with E-state index in [4.69, 9.17) is 4.74 Å². The van der Waals surface area contributed by atoms with Crippen LogP contribution in [0.25, 0.3) is 0 Å². The summed E-state index contributed by atoms with van der Waals surface area (Å²) in [6, 6.07) is 4.90. The van der Waals surface area contributed by atoms with Gasteiger partial charge in [0, 0.05) is 19.7 Å². The maximum Gasteiger partial charge on any atom is 0.260 e. The molecule has 0 radical (unpaired) electrons. The summed E-state index contributed by atoms with van der Waals surface area (Å²) in [7, 11) is 1.72. The molecule has 1 aromatic carbocycles. The molecule has 1 aromatic rings. The highest BCUT2D eigenvalue weighted by Crippen LogP contribution is 2.21. The maximum atomic E-state index is 11.5. The fourth-order valence-corrected chi connectivity index (χ4v) is 1.24. The molecule has 0 bridgehead atoms. The second kappa shape index (κ2) is 5.39. The number of aryl methyl sites for hydroxylation is 1. The predicted molar refractivity (Wildman–Crippen MR) is 61.6 cm³/mol. The van der Waals surface area contributed by atoms with E-state index >= 15 is 0 Å². The quantitative estimate of drug-likeness (QED) is 0.842. The van der Waals surface area contributed by atoms with Crippen molar-refractivity contribution in [1.82, 2.24) is 4.90 Å². The molecule has 0 atom stereocenters. The van der Waals surface area contributed by atoms with Crippen LogP contribution in [0.3, 0.4) is 0 Å². The first-order valence-corrected chi connectivity index (χ1v) is 5.20. The molecule has 1 amide bonds. The number of hydrogen-bond acceptors (Lipinski definition) is 3. The Labute approximate surface area is 95.5 Å². The van der Waals surface area contributed by atoms with E-state index in [0.717, 1.165) is 5.56 Å². The first-order chi connectivity index (χ1) is 7.52. The minimum atomic E-state index is -0.0801. The van der Waals surface area contributed by atoms with E-state index in [9.17, 15) is 9.90 Å². The number of rotatable bonds is 4. The minimum absolute atomic E-state index is 0.00671. The molecule has 0 aliphatic heterocycles. The zero-order valence-electron chi connectivity index (χ0n) is 9.86. The van der Waals surface area contributed by atoms with E-state index in [1.54, 1.807) is 24.1 Å². The summed E-state index contributed by atoms with van der Waals surface area (Å²) < 4.78 is 5.30. The fourth-order valence-electron chi connectivity index (χ4n) is 1.24. The molecule has 0 aliphatic rings. The van der Waals surface area contributed by atoms with E-state index in [1.807, 2.05) is 13.8 Å². The summed E-state index contributed by atoms with van der Waals surface area (Å²) in [5.41, 5.74) is 0.895. The Balaban J connectivity index is 2.58. The van der Waals surface area contributed by atoms with E-state index in [-0.39, 0.29) is 18.3 Å². The zero-order valence-corrected chi connectivity index (χ0v) is 9.86. The van der Waals surface area contributed by atoms with Crippen LogP contribution in [0.4, 0.5) is 0 Å². The number of amides is 1. The molecular weight excluding hydrogens is 206 g/mol. The lowest BCUT2D eigenvalue weighted by molar-refractivity contribution is -0.131. The van der Waals surface area contributed by atoms with Gasteiger partial charge in [-0.25, -0.2) is 0 Å². The van der Waals surface area contributed by atoms with Crippen molar-refractivity contribution in [2.45, 2.75) is 13.8 Å². The van der Waals surface area contributed by atoms with Crippen molar-refractivity contribution in [2.24, 2.45) is 0 Å². The molecule has 0 heterocycles. The molecule has 0 unspecified atom stereocenters. The Morgan fingerprint density at radius 2 is 2.12 bits per heavy atom. The number of phenolic OH excluding ortho intramolecular Hbond substituents is 1. The number of ether oxygens (including phenoxy) is 1. The molecule has 0 saturated carbocycles. The van der Waals surface area contributed by atoms with Crippen LogP contribution in [0.2, 0.25) is 0 Å². The average molecular weight is 223 g/mol. The highest BCUT2D eigenvalue weighted by atomic mass is 16.5. The number of likely N-dealkylation sites (N-methyl/N-ethyl adjacent to an activating group) is 1. The lowest BCUT2D eigenvalue weighted by Crippen LogP contribution is -2.31. The Morgan fingerprint density at radius 3 is 2.69 bits per heavy atom. The van der Waals surface area contributed by atoms with Gasteiger partial charge >= 0.3 is 0 Å². The van der Waals surface area contributed by atoms with Gasteiger partial charge in [0.2, 0.25) is 0 Å². The Hall–Kier alpha value is -1.71.